The zero-order valence-electron chi connectivity index (χ0n) is 11.6. The largest absolute Gasteiger partial charge is 0.493 e. The van der Waals surface area contributed by atoms with E-state index in [0.29, 0.717) is 11.5 Å². The third-order valence-electron chi connectivity index (χ3n) is 3.46. The van der Waals surface area contributed by atoms with Gasteiger partial charge in [-0.25, -0.2) is 9.97 Å². The molecule has 2 heterocycles. The van der Waals surface area contributed by atoms with E-state index in [1.165, 1.54) is 0 Å². The quantitative estimate of drug-likeness (QED) is 0.866. The van der Waals surface area contributed by atoms with Crippen molar-refractivity contribution >= 4 is 10.9 Å². The van der Waals surface area contributed by atoms with E-state index < -0.39 is 0 Å². The van der Waals surface area contributed by atoms with E-state index in [0.717, 1.165) is 36.4 Å². The Bertz CT molecular complexity index is 611. The highest BCUT2D eigenvalue weighted by Gasteiger charge is 2.17. The monoisotopic (exact) mass is 274 g/mol. The van der Waals surface area contributed by atoms with E-state index in [1.807, 2.05) is 18.3 Å². The van der Waals surface area contributed by atoms with E-state index >= 15 is 0 Å². The highest BCUT2D eigenvalue weighted by Crippen LogP contribution is 2.31. The fraction of sp³-hybridized carbons (Fsp3) is 0.429. The topological polar surface area (TPSA) is 68.3 Å². The van der Waals surface area contributed by atoms with Gasteiger partial charge in [-0.1, -0.05) is 0 Å². The van der Waals surface area contributed by atoms with Crippen molar-refractivity contribution in [2.75, 3.05) is 33.9 Å². The van der Waals surface area contributed by atoms with Gasteiger partial charge in [-0.05, 0) is 6.07 Å². The minimum Gasteiger partial charge on any atom is -0.493 e. The predicted molar refractivity (Wildman–Crippen MR) is 76.3 cm³/mol. The van der Waals surface area contributed by atoms with Crippen molar-refractivity contribution in [3.63, 3.8) is 0 Å². The summed E-state index contributed by atoms with van der Waals surface area (Å²) in [5.74, 6) is 2.17. The van der Waals surface area contributed by atoms with Gasteiger partial charge in [-0.15, -0.1) is 0 Å². The molecule has 1 aliphatic rings. The van der Waals surface area contributed by atoms with Gasteiger partial charge < -0.3 is 20.1 Å². The molecule has 3 rings (SSSR count). The van der Waals surface area contributed by atoms with Gasteiger partial charge in [0.25, 0.3) is 0 Å². The maximum Gasteiger partial charge on any atom is 0.162 e. The molecule has 2 aromatic rings. The lowest BCUT2D eigenvalue weighted by molar-refractivity contribution is 0.355. The highest BCUT2D eigenvalue weighted by atomic mass is 16.5. The molecule has 1 fully saturated rings. The van der Waals surface area contributed by atoms with Crippen molar-refractivity contribution in [2.45, 2.75) is 6.04 Å². The summed E-state index contributed by atoms with van der Waals surface area (Å²) in [6.07, 6.45) is 1.83. The number of methoxy groups -OCH3 is 2. The van der Waals surface area contributed by atoms with Gasteiger partial charge in [0.05, 0.1) is 25.8 Å². The number of piperazine rings is 1. The molecule has 1 aromatic heterocycles. The van der Waals surface area contributed by atoms with Crippen molar-refractivity contribution < 1.29 is 9.47 Å². The summed E-state index contributed by atoms with van der Waals surface area (Å²) in [5, 5.41) is 7.68. The van der Waals surface area contributed by atoms with E-state index in [-0.39, 0.29) is 6.04 Å². The Kier molecular flexibility index (Phi) is 3.66. The Labute approximate surface area is 117 Å². The lowest BCUT2D eigenvalue weighted by Crippen LogP contribution is -2.43. The second-order valence-corrected chi connectivity index (χ2v) is 4.71. The molecule has 0 saturated carbocycles. The zero-order valence-corrected chi connectivity index (χ0v) is 11.6. The van der Waals surface area contributed by atoms with Crippen LogP contribution in [0.15, 0.2) is 18.3 Å². The first-order valence-electron chi connectivity index (χ1n) is 6.64. The Hall–Kier alpha value is -1.92. The summed E-state index contributed by atoms with van der Waals surface area (Å²) < 4.78 is 10.6. The van der Waals surface area contributed by atoms with E-state index in [9.17, 15) is 0 Å². The number of hydrogen-bond acceptors (Lipinski definition) is 6. The average molecular weight is 274 g/mol. The van der Waals surface area contributed by atoms with Crippen LogP contribution in [0.3, 0.4) is 0 Å². The summed E-state index contributed by atoms with van der Waals surface area (Å²) in [5.41, 5.74) is 0.861. The van der Waals surface area contributed by atoms with Gasteiger partial charge in [-0.3, -0.25) is 0 Å². The van der Waals surface area contributed by atoms with Crippen LogP contribution in [0, 0.1) is 0 Å². The minimum atomic E-state index is 0.154. The van der Waals surface area contributed by atoms with E-state index in [2.05, 4.69) is 20.6 Å². The summed E-state index contributed by atoms with van der Waals surface area (Å²) >= 11 is 0. The SMILES string of the molecule is COc1cc2cnc(C3CNCCN3)nc2cc1OC. The molecule has 6 nitrogen and oxygen atoms in total. The van der Waals surface area contributed by atoms with Crippen molar-refractivity contribution in [3.05, 3.63) is 24.2 Å². The number of rotatable bonds is 3. The molecule has 106 valence electrons. The molecule has 0 aliphatic carbocycles. The standard InChI is InChI=1S/C14H18N4O2/c1-19-12-5-9-7-17-14(11-8-15-3-4-16-11)18-10(9)6-13(12)20-2/h5-7,11,15-16H,3-4,8H2,1-2H3. The Morgan fingerprint density at radius 3 is 2.65 bits per heavy atom. The molecule has 0 radical (unpaired) electrons. The average Bonchev–Trinajstić information content (AvgIpc) is 2.53. The molecule has 0 spiro atoms. The summed E-state index contributed by atoms with van der Waals surface area (Å²) in [4.78, 5) is 9.09. The normalized spacial score (nSPS) is 19.0. The van der Waals surface area contributed by atoms with Gasteiger partial charge in [-0.2, -0.15) is 0 Å². The molecular weight excluding hydrogens is 256 g/mol. The van der Waals surface area contributed by atoms with Crippen molar-refractivity contribution in [1.82, 2.24) is 20.6 Å². The van der Waals surface area contributed by atoms with Gasteiger partial charge >= 0.3 is 0 Å². The number of nitrogens with zero attached hydrogens (tertiary/aromatic N) is 2. The molecule has 6 heteroatoms. The lowest BCUT2D eigenvalue weighted by atomic mass is 10.2. The minimum absolute atomic E-state index is 0.154. The van der Waals surface area contributed by atoms with Crippen LogP contribution in [-0.4, -0.2) is 43.8 Å². The maximum atomic E-state index is 5.32. The van der Waals surface area contributed by atoms with Crippen LogP contribution < -0.4 is 20.1 Å². The zero-order chi connectivity index (χ0) is 13.9. The third kappa shape index (κ3) is 2.39. The van der Waals surface area contributed by atoms with E-state index in [4.69, 9.17) is 9.47 Å². The second-order valence-electron chi connectivity index (χ2n) is 4.71. The summed E-state index contributed by atoms with van der Waals surface area (Å²) in [6.45, 7) is 2.76. The van der Waals surface area contributed by atoms with Crippen LogP contribution in [0.2, 0.25) is 0 Å². The molecule has 1 unspecified atom stereocenters. The van der Waals surface area contributed by atoms with Crippen molar-refractivity contribution in [2.24, 2.45) is 0 Å². The number of nitrogens with one attached hydrogen (secondary N) is 2. The van der Waals surface area contributed by atoms with Crippen LogP contribution >= 0.6 is 0 Å². The molecule has 1 saturated heterocycles. The number of ether oxygens (including phenoxy) is 2. The third-order valence-corrected chi connectivity index (χ3v) is 3.46. The highest BCUT2D eigenvalue weighted by molar-refractivity contribution is 5.82. The molecular formula is C14H18N4O2. The summed E-state index contributed by atoms with van der Waals surface area (Å²) in [6, 6.07) is 3.93. The number of benzene rings is 1. The van der Waals surface area contributed by atoms with Gasteiger partial charge in [0.2, 0.25) is 0 Å². The fourth-order valence-electron chi connectivity index (χ4n) is 2.38. The lowest BCUT2D eigenvalue weighted by Gasteiger charge is -2.23. The van der Waals surface area contributed by atoms with Crippen LogP contribution in [-0.2, 0) is 0 Å². The first-order valence-corrected chi connectivity index (χ1v) is 6.64. The number of hydrogen-bond donors (Lipinski definition) is 2. The fourth-order valence-corrected chi connectivity index (χ4v) is 2.38. The second kappa shape index (κ2) is 5.60. The summed E-state index contributed by atoms with van der Waals surface area (Å²) in [7, 11) is 3.24. The molecule has 1 atom stereocenters. The molecule has 1 aliphatic heterocycles. The van der Waals surface area contributed by atoms with Gasteiger partial charge in [0.1, 0.15) is 5.82 Å². The van der Waals surface area contributed by atoms with Crippen molar-refractivity contribution in [1.29, 1.82) is 0 Å². The van der Waals surface area contributed by atoms with Crippen LogP contribution in [0.5, 0.6) is 11.5 Å². The predicted octanol–water partition coefficient (Wildman–Crippen LogP) is 0.881. The first kappa shape index (κ1) is 13.1. The van der Waals surface area contributed by atoms with Crippen LogP contribution in [0.1, 0.15) is 11.9 Å². The van der Waals surface area contributed by atoms with Crippen LogP contribution in [0.25, 0.3) is 10.9 Å². The molecule has 0 amide bonds. The molecule has 0 bridgehead atoms. The number of aromatic nitrogens is 2. The van der Waals surface area contributed by atoms with Crippen molar-refractivity contribution in [3.8, 4) is 11.5 Å². The van der Waals surface area contributed by atoms with Gasteiger partial charge in [0, 0.05) is 37.3 Å². The van der Waals surface area contributed by atoms with Crippen LogP contribution in [0.4, 0.5) is 0 Å². The number of fused-ring (bicyclic) bond motifs is 1. The maximum absolute atomic E-state index is 5.32. The van der Waals surface area contributed by atoms with E-state index in [1.54, 1.807) is 14.2 Å². The molecule has 20 heavy (non-hydrogen) atoms. The smallest absolute Gasteiger partial charge is 0.162 e. The Balaban J connectivity index is 2.01. The Morgan fingerprint density at radius 2 is 1.95 bits per heavy atom. The molecule has 2 N–H and O–H groups in total. The molecule has 1 aromatic carbocycles. The first-order chi connectivity index (χ1) is 9.81. The van der Waals surface area contributed by atoms with Gasteiger partial charge in [0.15, 0.2) is 11.5 Å². The Morgan fingerprint density at radius 1 is 1.15 bits per heavy atom.